The zero-order valence-electron chi connectivity index (χ0n) is 5.96. The normalized spacial score (nSPS) is 10.3. The zero-order valence-corrected chi connectivity index (χ0v) is 8.41. The quantitative estimate of drug-likeness (QED) is 0.408. The summed E-state index contributed by atoms with van der Waals surface area (Å²) in [6.45, 7) is 1.73. The van der Waals surface area contributed by atoms with Crippen molar-refractivity contribution in [2.45, 2.75) is 12.2 Å². The van der Waals surface area contributed by atoms with Gasteiger partial charge in [-0.3, -0.25) is 10.8 Å². The van der Waals surface area contributed by atoms with E-state index in [2.05, 4.69) is 0 Å². The van der Waals surface area contributed by atoms with Gasteiger partial charge in [-0.1, -0.05) is 11.8 Å². The first-order chi connectivity index (χ1) is 4.04. The number of amidine groups is 2. The Morgan fingerprint density at radius 3 is 1.73 bits per heavy atom. The minimum atomic E-state index is -0.178. The molecule has 0 bridgehead atoms. The molecule has 0 aromatic carbocycles. The fraction of sp³-hybridized carbons (Fsp3) is 0.500. The van der Waals surface area contributed by atoms with E-state index in [1.807, 2.05) is 0 Å². The molecule has 0 aliphatic heterocycles. The fourth-order valence-corrected chi connectivity index (χ4v) is 0.762. The molecule has 0 radical (unpaired) electrons. The lowest BCUT2D eigenvalue weighted by atomic mass is 10.4. The van der Waals surface area contributed by atoms with Crippen LogP contribution in [0, 0.1) is 10.8 Å². The Bertz CT molecular complexity index is 140. The lowest BCUT2D eigenvalue weighted by Crippen LogP contribution is -2.24. The summed E-state index contributed by atoms with van der Waals surface area (Å²) in [5, 5.41) is 13.5. The van der Waals surface area contributed by atoms with Gasteiger partial charge in [0.05, 0.1) is 5.25 Å². The van der Waals surface area contributed by atoms with Crippen LogP contribution >= 0.6 is 36.6 Å². The third kappa shape index (κ3) is 9.87. The summed E-state index contributed by atoms with van der Waals surface area (Å²) in [6, 6.07) is 0. The topological polar surface area (TPSA) is 99.7 Å². The van der Waals surface area contributed by atoms with Gasteiger partial charge in [0.2, 0.25) is 0 Å². The summed E-state index contributed by atoms with van der Waals surface area (Å²) in [5.74, 6) is 0.0511. The standard InChI is InChI=1S/C4H10N4S.2ClH/c1-2(3(5)6)9-4(7)8;;/h2H,1H3,(H3,5,6)(H3,7,8);2*1H. The second kappa shape index (κ2) is 7.97. The molecular weight excluding hydrogens is 207 g/mol. The monoisotopic (exact) mass is 218 g/mol. The van der Waals surface area contributed by atoms with Gasteiger partial charge in [-0.25, -0.2) is 0 Å². The maximum absolute atomic E-state index is 6.90. The molecule has 0 spiro atoms. The zero-order chi connectivity index (χ0) is 7.44. The first-order valence-corrected chi connectivity index (χ1v) is 3.26. The van der Waals surface area contributed by atoms with Gasteiger partial charge in [-0.15, -0.1) is 24.8 Å². The molecule has 68 valence electrons. The molecule has 0 aliphatic carbocycles. The van der Waals surface area contributed by atoms with Crippen LogP contribution in [0.15, 0.2) is 0 Å². The first kappa shape index (κ1) is 17.1. The van der Waals surface area contributed by atoms with Crippen LogP contribution in [0.2, 0.25) is 0 Å². The van der Waals surface area contributed by atoms with E-state index in [1.54, 1.807) is 6.92 Å². The van der Waals surface area contributed by atoms with Crippen molar-refractivity contribution in [3.63, 3.8) is 0 Å². The van der Waals surface area contributed by atoms with E-state index in [1.165, 1.54) is 0 Å². The smallest absolute Gasteiger partial charge is 0.151 e. The molecule has 0 amide bonds. The molecule has 4 nitrogen and oxygen atoms in total. The molecule has 7 heteroatoms. The number of rotatable bonds is 2. The number of hydrogen-bond donors (Lipinski definition) is 4. The van der Waals surface area contributed by atoms with Crippen molar-refractivity contribution in [3.05, 3.63) is 0 Å². The highest BCUT2D eigenvalue weighted by Gasteiger charge is 2.05. The molecular formula is C4H12Cl2N4S. The second-order valence-electron chi connectivity index (χ2n) is 1.58. The number of hydrogen-bond acceptors (Lipinski definition) is 3. The molecule has 0 heterocycles. The molecule has 0 aromatic heterocycles. The molecule has 1 atom stereocenters. The third-order valence-electron chi connectivity index (χ3n) is 0.742. The maximum atomic E-state index is 6.90. The summed E-state index contributed by atoms with van der Waals surface area (Å²) >= 11 is 1.07. The molecule has 1 unspecified atom stereocenters. The van der Waals surface area contributed by atoms with Crippen LogP contribution in [-0.2, 0) is 0 Å². The molecule has 0 rings (SSSR count). The van der Waals surface area contributed by atoms with Crippen LogP contribution in [0.5, 0.6) is 0 Å². The minimum absolute atomic E-state index is 0. The van der Waals surface area contributed by atoms with Crippen molar-refractivity contribution >= 4 is 47.6 Å². The highest BCUT2D eigenvalue weighted by atomic mass is 35.5. The van der Waals surface area contributed by atoms with Crippen LogP contribution < -0.4 is 11.5 Å². The van der Waals surface area contributed by atoms with E-state index in [9.17, 15) is 0 Å². The van der Waals surface area contributed by atoms with Crippen LogP contribution in [0.4, 0.5) is 0 Å². The highest BCUT2D eigenvalue weighted by Crippen LogP contribution is 2.07. The Morgan fingerprint density at radius 2 is 1.64 bits per heavy atom. The summed E-state index contributed by atoms with van der Waals surface area (Å²) in [5.41, 5.74) is 10.1. The van der Waals surface area contributed by atoms with Crippen LogP contribution in [0.3, 0.4) is 0 Å². The Hall–Kier alpha value is -0.130. The number of nitrogens with two attached hydrogens (primary N) is 2. The van der Waals surface area contributed by atoms with Crippen molar-refractivity contribution in [3.8, 4) is 0 Å². The lowest BCUT2D eigenvalue weighted by Gasteiger charge is -2.05. The van der Waals surface area contributed by atoms with Crippen LogP contribution in [0.25, 0.3) is 0 Å². The Kier molecular flexibility index (Phi) is 12.4. The van der Waals surface area contributed by atoms with E-state index in [4.69, 9.17) is 22.3 Å². The highest BCUT2D eigenvalue weighted by molar-refractivity contribution is 8.14. The Balaban J connectivity index is -0.000000320. The van der Waals surface area contributed by atoms with Crippen molar-refractivity contribution < 1.29 is 0 Å². The molecule has 0 saturated heterocycles. The number of nitrogens with one attached hydrogen (secondary N) is 2. The van der Waals surface area contributed by atoms with Gasteiger partial charge in [0.25, 0.3) is 0 Å². The number of halogens is 2. The van der Waals surface area contributed by atoms with Crippen molar-refractivity contribution in [1.82, 2.24) is 0 Å². The summed E-state index contributed by atoms with van der Waals surface area (Å²) in [6.07, 6.45) is 0. The molecule has 6 N–H and O–H groups in total. The molecule has 0 fully saturated rings. The number of thioether (sulfide) groups is 1. The predicted octanol–water partition coefficient (Wildman–Crippen LogP) is 0.781. The van der Waals surface area contributed by atoms with E-state index in [0.717, 1.165) is 11.8 Å². The summed E-state index contributed by atoms with van der Waals surface area (Å²) in [4.78, 5) is 0. The van der Waals surface area contributed by atoms with E-state index >= 15 is 0 Å². The van der Waals surface area contributed by atoms with Gasteiger partial charge < -0.3 is 11.5 Å². The van der Waals surface area contributed by atoms with Crippen molar-refractivity contribution in [2.24, 2.45) is 11.5 Å². The Labute approximate surface area is 82.3 Å². The molecule has 0 aromatic rings. The fourth-order valence-electron chi connectivity index (χ4n) is 0.254. The summed E-state index contributed by atoms with van der Waals surface area (Å²) < 4.78 is 0. The largest absolute Gasteiger partial charge is 0.387 e. The van der Waals surface area contributed by atoms with E-state index in [0.29, 0.717) is 0 Å². The predicted molar refractivity (Wildman–Crippen MR) is 55.4 cm³/mol. The molecule has 0 saturated carbocycles. The van der Waals surface area contributed by atoms with Crippen LogP contribution in [0.1, 0.15) is 6.92 Å². The SMILES string of the molecule is CC(SC(=N)N)C(=N)N.Cl.Cl. The molecule has 0 aliphatic rings. The molecule has 11 heavy (non-hydrogen) atoms. The van der Waals surface area contributed by atoms with Gasteiger partial charge in [-0.05, 0) is 6.92 Å². The first-order valence-electron chi connectivity index (χ1n) is 2.38. The van der Waals surface area contributed by atoms with Crippen molar-refractivity contribution in [1.29, 1.82) is 10.8 Å². The van der Waals surface area contributed by atoms with Crippen molar-refractivity contribution in [2.75, 3.05) is 0 Å². The minimum Gasteiger partial charge on any atom is -0.387 e. The average molecular weight is 219 g/mol. The van der Waals surface area contributed by atoms with Gasteiger partial charge in [-0.2, -0.15) is 0 Å². The van der Waals surface area contributed by atoms with E-state index < -0.39 is 0 Å². The van der Waals surface area contributed by atoms with Gasteiger partial charge >= 0.3 is 0 Å². The van der Waals surface area contributed by atoms with Crippen LogP contribution in [-0.4, -0.2) is 16.3 Å². The lowest BCUT2D eigenvalue weighted by molar-refractivity contribution is 1.23. The second-order valence-corrected chi connectivity index (χ2v) is 2.96. The van der Waals surface area contributed by atoms with E-state index in [-0.39, 0.29) is 41.1 Å². The van der Waals surface area contributed by atoms with Gasteiger partial charge in [0, 0.05) is 0 Å². The third-order valence-corrected chi connectivity index (χ3v) is 1.60. The van der Waals surface area contributed by atoms with Gasteiger partial charge in [0.1, 0.15) is 5.84 Å². The maximum Gasteiger partial charge on any atom is 0.151 e. The van der Waals surface area contributed by atoms with Gasteiger partial charge in [0.15, 0.2) is 5.17 Å². The summed E-state index contributed by atoms with van der Waals surface area (Å²) in [7, 11) is 0. The Morgan fingerprint density at radius 1 is 1.27 bits per heavy atom. The average Bonchev–Trinajstić information content (AvgIpc) is 1.63.